The molecule has 0 radical (unpaired) electrons. The standard InChI is InChI=1S/C12H16N4/c1-9-14-15-12(16(9)2)11(8-13)10-6-4-3-5-7-10/h3-7,11H,8,13H2,1-2H3. The van der Waals surface area contributed by atoms with E-state index in [2.05, 4.69) is 22.3 Å². The van der Waals surface area contributed by atoms with Crippen LogP contribution in [0.4, 0.5) is 0 Å². The zero-order chi connectivity index (χ0) is 11.5. The predicted octanol–water partition coefficient (Wildman–Crippen LogP) is 1.21. The molecule has 84 valence electrons. The van der Waals surface area contributed by atoms with E-state index in [4.69, 9.17) is 5.73 Å². The summed E-state index contributed by atoms with van der Waals surface area (Å²) in [6.45, 7) is 2.48. The minimum atomic E-state index is 0.118. The second-order valence-corrected chi connectivity index (χ2v) is 3.86. The van der Waals surface area contributed by atoms with Crippen LogP contribution < -0.4 is 5.73 Å². The van der Waals surface area contributed by atoms with Gasteiger partial charge in [0.2, 0.25) is 0 Å². The molecule has 1 aromatic heterocycles. The molecule has 0 amide bonds. The molecule has 0 spiro atoms. The number of hydrogen-bond acceptors (Lipinski definition) is 3. The Hall–Kier alpha value is -1.68. The van der Waals surface area contributed by atoms with Crippen LogP contribution >= 0.6 is 0 Å². The van der Waals surface area contributed by atoms with Crippen molar-refractivity contribution in [2.45, 2.75) is 12.8 Å². The van der Waals surface area contributed by atoms with Crippen molar-refractivity contribution in [1.82, 2.24) is 14.8 Å². The Morgan fingerprint density at radius 1 is 1.25 bits per heavy atom. The van der Waals surface area contributed by atoms with Crippen molar-refractivity contribution in [3.8, 4) is 0 Å². The first-order chi connectivity index (χ1) is 7.74. The van der Waals surface area contributed by atoms with Crippen molar-refractivity contribution < 1.29 is 0 Å². The number of benzene rings is 1. The summed E-state index contributed by atoms with van der Waals surface area (Å²) in [5.74, 6) is 1.95. The minimum Gasteiger partial charge on any atom is -0.329 e. The number of nitrogens with zero attached hydrogens (tertiary/aromatic N) is 3. The number of hydrogen-bond donors (Lipinski definition) is 1. The fraction of sp³-hybridized carbons (Fsp3) is 0.333. The summed E-state index contributed by atoms with van der Waals surface area (Å²) in [6.07, 6.45) is 0. The third-order valence-corrected chi connectivity index (χ3v) is 2.88. The van der Waals surface area contributed by atoms with Gasteiger partial charge >= 0.3 is 0 Å². The van der Waals surface area contributed by atoms with Gasteiger partial charge in [-0.1, -0.05) is 30.3 Å². The summed E-state index contributed by atoms with van der Waals surface area (Å²) in [5, 5.41) is 8.26. The molecule has 4 nitrogen and oxygen atoms in total. The molecule has 16 heavy (non-hydrogen) atoms. The molecule has 1 atom stereocenters. The molecule has 4 heteroatoms. The minimum absolute atomic E-state index is 0.118. The molecular formula is C12H16N4. The van der Waals surface area contributed by atoms with Gasteiger partial charge in [-0.25, -0.2) is 0 Å². The van der Waals surface area contributed by atoms with Crippen molar-refractivity contribution in [3.05, 3.63) is 47.5 Å². The van der Waals surface area contributed by atoms with E-state index in [0.29, 0.717) is 6.54 Å². The first-order valence-corrected chi connectivity index (χ1v) is 5.35. The van der Waals surface area contributed by atoms with Gasteiger partial charge in [-0.05, 0) is 12.5 Å². The maximum Gasteiger partial charge on any atom is 0.141 e. The summed E-state index contributed by atoms with van der Waals surface area (Å²) in [6, 6.07) is 10.2. The first kappa shape index (κ1) is 10.8. The zero-order valence-electron chi connectivity index (χ0n) is 9.59. The second kappa shape index (κ2) is 4.45. The lowest BCUT2D eigenvalue weighted by Crippen LogP contribution is -2.17. The summed E-state index contributed by atoms with van der Waals surface area (Å²) < 4.78 is 1.99. The maximum atomic E-state index is 5.83. The van der Waals surface area contributed by atoms with Gasteiger partial charge in [0.1, 0.15) is 11.6 Å². The van der Waals surface area contributed by atoms with Crippen LogP contribution in [0.25, 0.3) is 0 Å². The lowest BCUT2D eigenvalue weighted by atomic mass is 9.98. The Morgan fingerprint density at radius 2 is 1.94 bits per heavy atom. The largest absolute Gasteiger partial charge is 0.329 e. The highest BCUT2D eigenvalue weighted by atomic mass is 15.3. The summed E-state index contributed by atoms with van der Waals surface area (Å²) >= 11 is 0. The van der Waals surface area contributed by atoms with Crippen molar-refractivity contribution in [2.24, 2.45) is 12.8 Å². The smallest absolute Gasteiger partial charge is 0.141 e. The van der Waals surface area contributed by atoms with Crippen LogP contribution in [0.3, 0.4) is 0 Å². The van der Waals surface area contributed by atoms with Crippen molar-refractivity contribution in [2.75, 3.05) is 6.54 Å². The molecule has 1 heterocycles. The SMILES string of the molecule is Cc1nnc(C(CN)c2ccccc2)n1C. The van der Waals surface area contributed by atoms with Crippen molar-refractivity contribution in [3.63, 3.8) is 0 Å². The normalized spacial score (nSPS) is 12.7. The van der Waals surface area contributed by atoms with Crippen LogP contribution in [0.1, 0.15) is 23.1 Å². The van der Waals surface area contributed by atoms with E-state index in [9.17, 15) is 0 Å². The second-order valence-electron chi connectivity index (χ2n) is 3.86. The lowest BCUT2D eigenvalue weighted by Gasteiger charge is -2.14. The number of nitrogens with two attached hydrogens (primary N) is 1. The average molecular weight is 216 g/mol. The Kier molecular flexibility index (Phi) is 3.01. The third-order valence-electron chi connectivity index (χ3n) is 2.88. The summed E-state index contributed by atoms with van der Waals surface area (Å²) in [4.78, 5) is 0. The van der Waals surface area contributed by atoms with E-state index < -0.39 is 0 Å². The topological polar surface area (TPSA) is 56.7 Å². The molecule has 0 aliphatic heterocycles. The summed E-state index contributed by atoms with van der Waals surface area (Å²) in [5.41, 5.74) is 7.01. The van der Waals surface area contributed by atoms with E-state index in [1.54, 1.807) is 0 Å². The highest BCUT2D eigenvalue weighted by molar-refractivity contribution is 5.26. The summed E-state index contributed by atoms with van der Waals surface area (Å²) in [7, 11) is 1.97. The van der Waals surface area contributed by atoms with Gasteiger partial charge in [0.15, 0.2) is 0 Å². The fourth-order valence-corrected chi connectivity index (χ4v) is 1.80. The van der Waals surface area contributed by atoms with Gasteiger partial charge in [0, 0.05) is 13.6 Å². The average Bonchev–Trinajstić information content (AvgIpc) is 2.64. The molecule has 0 aliphatic rings. The van der Waals surface area contributed by atoms with Crippen molar-refractivity contribution >= 4 is 0 Å². The highest BCUT2D eigenvalue weighted by Crippen LogP contribution is 2.21. The molecule has 0 aliphatic carbocycles. The van der Waals surface area contributed by atoms with E-state index in [1.807, 2.05) is 36.7 Å². The Balaban J connectivity index is 2.41. The zero-order valence-corrected chi connectivity index (χ0v) is 9.59. The van der Waals surface area contributed by atoms with Crippen LogP contribution in [-0.2, 0) is 7.05 Å². The molecule has 1 aromatic carbocycles. The number of rotatable bonds is 3. The lowest BCUT2D eigenvalue weighted by molar-refractivity contribution is 0.689. The van der Waals surface area contributed by atoms with Crippen LogP contribution in [-0.4, -0.2) is 21.3 Å². The van der Waals surface area contributed by atoms with Crippen LogP contribution in [0.15, 0.2) is 30.3 Å². The van der Waals surface area contributed by atoms with Crippen LogP contribution in [0, 0.1) is 6.92 Å². The molecule has 1 unspecified atom stereocenters. The molecule has 0 bridgehead atoms. The Morgan fingerprint density at radius 3 is 2.44 bits per heavy atom. The van der Waals surface area contributed by atoms with Gasteiger partial charge in [0.05, 0.1) is 5.92 Å². The quantitative estimate of drug-likeness (QED) is 0.839. The fourth-order valence-electron chi connectivity index (χ4n) is 1.80. The molecule has 2 rings (SSSR count). The Labute approximate surface area is 95.1 Å². The predicted molar refractivity (Wildman–Crippen MR) is 63.1 cm³/mol. The van der Waals surface area contributed by atoms with E-state index in [1.165, 1.54) is 5.56 Å². The first-order valence-electron chi connectivity index (χ1n) is 5.35. The van der Waals surface area contributed by atoms with E-state index in [-0.39, 0.29) is 5.92 Å². The Bertz CT molecular complexity index is 461. The molecule has 0 saturated heterocycles. The molecule has 2 N–H and O–H groups in total. The maximum absolute atomic E-state index is 5.83. The van der Waals surface area contributed by atoms with E-state index in [0.717, 1.165) is 11.6 Å². The van der Waals surface area contributed by atoms with Crippen LogP contribution in [0.2, 0.25) is 0 Å². The van der Waals surface area contributed by atoms with Gasteiger partial charge < -0.3 is 10.3 Å². The molecule has 0 fully saturated rings. The molecule has 0 saturated carbocycles. The number of aromatic nitrogens is 3. The van der Waals surface area contributed by atoms with Gasteiger partial charge in [-0.3, -0.25) is 0 Å². The van der Waals surface area contributed by atoms with Crippen LogP contribution in [0.5, 0.6) is 0 Å². The molecular weight excluding hydrogens is 200 g/mol. The molecule has 2 aromatic rings. The van der Waals surface area contributed by atoms with Gasteiger partial charge in [-0.15, -0.1) is 10.2 Å². The third kappa shape index (κ3) is 1.84. The monoisotopic (exact) mass is 216 g/mol. The van der Waals surface area contributed by atoms with Gasteiger partial charge in [-0.2, -0.15) is 0 Å². The van der Waals surface area contributed by atoms with E-state index >= 15 is 0 Å². The number of aryl methyl sites for hydroxylation is 1. The highest BCUT2D eigenvalue weighted by Gasteiger charge is 2.18. The van der Waals surface area contributed by atoms with Crippen molar-refractivity contribution in [1.29, 1.82) is 0 Å². The van der Waals surface area contributed by atoms with Gasteiger partial charge in [0.25, 0.3) is 0 Å².